The summed E-state index contributed by atoms with van der Waals surface area (Å²) < 4.78 is 1.05. The van der Waals surface area contributed by atoms with E-state index in [0.717, 1.165) is 21.7 Å². The molecule has 0 atom stereocenters. The van der Waals surface area contributed by atoms with Gasteiger partial charge in [0.15, 0.2) is 0 Å². The van der Waals surface area contributed by atoms with Gasteiger partial charge in [0.1, 0.15) is 0 Å². The predicted molar refractivity (Wildman–Crippen MR) is 64.9 cm³/mol. The molecule has 1 rings (SSSR count). The van der Waals surface area contributed by atoms with Crippen molar-refractivity contribution >= 4 is 39.3 Å². The maximum atomic E-state index is 5.77. The van der Waals surface area contributed by atoms with Crippen molar-refractivity contribution in [3.05, 3.63) is 40.3 Å². The van der Waals surface area contributed by atoms with Gasteiger partial charge in [-0.3, -0.25) is 0 Å². The van der Waals surface area contributed by atoms with Crippen molar-refractivity contribution in [2.24, 2.45) is 0 Å². The summed E-state index contributed by atoms with van der Waals surface area (Å²) >= 11 is 10.9. The first-order valence-electron chi connectivity index (χ1n) is 3.90. The molecule has 0 unspecified atom stereocenters. The molecule has 0 aliphatic heterocycles. The zero-order chi connectivity index (χ0) is 9.68. The van der Waals surface area contributed by atoms with Gasteiger partial charge in [0.2, 0.25) is 0 Å². The first-order chi connectivity index (χ1) is 6.18. The summed E-state index contributed by atoms with van der Waals surface area (Å²) in [5, 5.41) is 0.786. The van der Waals surface area contributed by atoms with Crippen molar-refractivity contribution in [2.45, 2.75) is 11.3 Å². The van der Waals surface area contributed by atoms with E-state index in [-0.39, 0.29) is 0 Å². The van der Waals surface area contributed by atoms with Crippen LogP contribution in [-0.2, 0) is 0 Å². The van der Waals surface area contributed by atoms with Crippen LogP contribution < -0.4 is 0 Å². The Morgan fingerprint density at radius 2 is 2.00 bits per heavy atom. The zero-order valence-corrected chi connectivity index (χ0v) is 10.3. The second-order valence-electron chi connectivity index (χ2n) is 2.57. The number of hydrogen-bond donors (Lipinski definition) is 0. The molecule has 1 aromatic rings. The van der Waals surface area contributed by atoms with Gasteiger partial charge in [-0.25, -0.2) is 0 Å². The molecule has 0 aliphatic carbocycles. The fourth-order valence-corrected chi connectivity index (χ4v) is 2.31. The molecule has 0 radical (unpaired) electrons. The lowest BCUT2D eigenvalue weighted by Gasteiger charge is -2.00. The molecule has 0 N–H and O–H groups in total. The maximum Gasteiger partial charge on any atom is 0.0406 e. The lowest BCUT2D eigenvalue weighted by atomic mass is 10.4. The molecule has 0 aromatic heterocycles. The van der Waals surface area contributed by atoms with Crippen LogP contribution in [0.25, 0.3) is 0 Å². The van der Waals surface area contributed by atoms with E-state index in [2.05, 4.69) is 22.5 Å². The largest absolute Gasteiger partial charge is 0.126 e. The van der Waals surface area contributed by atoms with E-state index in [9.17, 15) is 0 Å². The molecule has 0 heterocycles. The molecule has 13 heavy (non-hydrogen) atoms. The summed E-state index contributed by atoms with van der Waals surface area (Å²) in [6, 6.07) is 7.88. The van der Waals surface area contributed by atoms with Gasteiger partial charge in [-0.1, -0.05) is 34.1 Å². The van der Waals surface area contributed by atoms with E-state index in [1.807, 2.05) is 36.0 Å². The Morgan fingerprint density at radius 3 is 2.54 bits per heavy atom. The molecular weight excluding hydrogens is 268 g/mol. The smallest absolute Gasteiger partial charge is 0.0406 e. The van der Waals surface area contributed by atoms with Crippen LogP contribution in [0.4, 0.5) is 0 Å². The summed E-state index contributed by atoms with van der Waals surface area (Å²) in [6.07, 6.45) is 0.993. The SMILES string of the molecule is C=C(Br)CCSc1ccc(Cl)cc1. The molecule has 1 aromatic carbocycles. The third-order valence-corrected chi connectivity index (χ3v) is 3.12. The Labute approximate surface area is 96.5 Å². The summed E-state index contributed by atoms with van der Waals surface area (Å²) in [5.41, 5.74) is 0. The summed E-state index contributed by atoms with van der Waals surface area (Å²) in [7, 11) is 0. The number of hydrogen-bond acceptors (Lipinski definition) is 1. The van der Waals surface area contributed by atoms with Gasteiger partial charge in [0, 0.05) is 15.7 Å². The molecule has 70 valence electrons. The van der Waals surface area contributed by atoms with Crippen molar-refractivity contribution < 1.29 is 0 Å². The average molecular weight is 278 g/mol. The van der Waals surface area contributed by atoms with Crippen LogP contribution in [0, 0.1) is 0 Å². The highest BCUT2D eigenvalue weighted by molar-refractivity contribution is 9.11. The predicted octanol–water partition coefficient (Wildman–Crippen LogP) is 4.73. The molecule has 0 bridgehead atoms. The minimum Gasteiger partial charge on any atom is -0.126 e. The lowest BCUT2D eigenvalue weighted by molar-refractivity contribution is 1.23. The van der Waals surface area contributed by atoms with E-state index < -0.39 is 0 Å². The second-order valence-corrected chi connectivity index (χ2v) is 5.30. The Hall–Kier alpha value is 0.0800. The molecule has 0 amide bonds. The van der Waals surface area contributed by atoms with Gasteiger partial charge in [-0.15, -0.1) is 11.8 Å². The van der Waals surface area contributed by atoms with Crippen molar-refractivity contribution in [2.75, 3.05) is 5.75 Å². The highest BCUT2D eigenvalue weighted by Gasteiger charge is 1.94. The molecular formula is C10H10BrClS. The lowest BCUT2D eigenvalue weighted by Crippen LogP contribution is -1.78. The van der Waals surface area contributed by atoms with E-state index in [1.165, 1.54) is 4.90 Å². The number of benzene rings is 1. The fourth-order valence-electron chi connectivity index (χ4n) is 0.810. The van der Waals surface area contributed by atoms with Crippen molar-refractivity contribution in [1.29, 1.82) is 0 Å². The highest BCUT2D eigenvalue weighted by Crippen LogP contribution is 2.22. The molecule has 0 saturated carbocycles. The first kappa shape index (κ1) is 11.2. The third kappa shape index (κ3) is 4.75. The van der Waals surface area contributed by atoms with E-state index in [1.54, 1.807) is 0 Å². The van der Waals surface area contributed by atoms with Gasteiger partial charge in [0.05, 0.1) is 0 Å². The first-order valence-corrected chi connectivity index (χ1v) is 6.06. The van der Waals surface area contributed by atoms with Crippen molar-refractivity contribution in [1.82, 2.24) is 0 Å². The van der Waals surface area contributed by atoms with Crippen molar-refractivity contribution in [3.8, 4) is 0 Å². The Bertz CT molecular complexity index is 281. The summed E-state index contributed by atoms with van der Waals surface area (Å²) in [4.78, 5) is 1.25. The average Bonchev–Trinajstić information content (AvgIpc) is 2.08. The number of halogens is 2. The monoisotopic (exact) mass is 276 g/mol. The van der Waals surface area contributed by atoms with Crippen LogP contribution in [0.2, 0.25) is 5.02 Å². The van der Waals surface area contributed by atoms with Crippen LogP contribution >= 0.6 is 39.3 Å². The molecule has 0 aliphatic rings. The minimum atomic E-state index is 0.786. The van der Waals surface area contributed by atoms with Crippen LogP contribution in [-0.4, -0.2) is 5.75 Å². The quantitative estimate of drug-likeness (QED) is 0.717. The van der Waals surface area contributed by atoms with E-state index in [0.29, 0.717) is 0 Å². The van der Waals surface area contributed by atoms with Gasteiger partial charge in [0.25, 0.3) is 0 Å². The van der Waals surface area contributed by atoms with E-state index in [4.69, 9.17) is 11.6 Å². The van der Waals surface area contributed by atoms with E-state index >= 15 is 0 Å². The van der Waals surface area contributed by atoms with Crippen LogP contribution in [0.3, 0.4) is 0 Å². The molecule has 0 nitrogen and oxygen atoms in total. The zero-order valence-electron chi connectivity index (χ0n) is 7.09. The van der Waals surface area contributed by atoms with Crippen molar-refractivity contribution in [3.63, 3.8) is 0 Å². The standard InChI is InChI=1S/C10H10BrClS/c1-8(11)6-7-13-10-4-2-9(12)3-5-10/h2-5H,1,6-7H2. The Kier molecular flexibility index (Phi) is 4.92. The topological polar surface area (TPSA) is 0 Å². The molecule has 0 spiro atoms. The summed E-state index contributed by atoms with van der Waals surface area (Å²) in [6.45, 7) is 3.78. The summed E-state index contributed by atoms with van der Waals surface area (Å²) in [5.74, 6) is 1.05. The third-order valence-electron chi connectivity index (χ3n) is 1.46. The van der Waals surface area contributed by atoms with Crippen LogP contribution in [0.5, 0.6) is 0 Å². The highest BCUT2D eigenvalue weighted by atomic mass is 79.9. The van der Waals surface area contributed by atoms with Gasteiger partial charge in [-0.05, 0) is 35.2 Å². The van der Waals surface area contributed by atoms with Crippen LogP contribution in [0.15, 0.2) is 40.2 Å². The number of thioether (sulfide) groups is 1. The number of rotatable bonds is 4. The Morgan fingerprint density at radius 1 is 1.38 bits per heavy atom. The second kappa shape index (κ2) is 5.74. The minimum absolute atomic E-state index is 0.786. The Balaban J connectivity index is 2.37. The molecule has 0 saturated heterocycles. The molecule has 0 fully saturated rings. The van der Waals surface area contributed by atoms with Gasteiger partial charge < -0.3 is 0 Å². The number of allylic oxidation sites excluding steroid dienone is 1. The van der Waals surface area contributed by atoms with Gasteiger partial charge in [-0.2, -0.15) is 0 Å². The maximum absolute atomic E-state index is 5.77. The molecule has 3 heteroatoms. The normalized spacial score (nSPS) is 10.0. The fraction of sp³-hybridized carbons (Fsp3) is 0.200. The van der Waals surface area contributed by atoms with Crippen LogP contribution in [0.1, 0.15) is 6.42 Å². The van der Waals surface area contributed by atoms with Gasteiger partial charge >= 0.3 is 0 Å².